The number of rotatable bonds is 6. The van der Waals surface area contributed by atoms with Gasteiger partial charge in [0.15, 0.2) is 16.3 Å². The SMILES string of the molecule is CC(C)(C)C(O)c1cc(OCCOC2OC2Cl)cc2sc(Cl)nc12. The number of fused-ring (bicyclic) bond motifs is 1. The van der Waals surface area contributed by atoms with Crippen LogP contribution in [0, 0.1) is 5.41 Å². The third-order valence-corrected chi connectivity index (χ3v) is 5.04. The molecule has 2 aromatic rings. The molecule has 1 fully saturated rings. The van der Waals surface area contributed by atoms with Crippen LogP contribution < -0.4 is 4.74 Å². The summed E-state index contributed by atoms with van der Waals surface area (Å²) in [6.07, 6.45) is -1.02. The number of hydrogen-bond donors (Lipinski definition) is 1. The molecule has 5 nitrogen and oxygen atoms in total. The molecule has 0 spiro atoms. The highest BCUT2D eigenvalue weighted by molar-refractivity contribution is 7.22. The number of epoxide rings is 1. The molecule has 3 atom stereocenters. The first-order chi connectivity index (χ1) is 11.3. The lowest BCUT2D eigenvalue weighted by Gasteiger charge is -2.26. The number of nitrogens with zero attached hydrogens (tertiary/aromatic N) is 1. The Morgan fingerprint density at radius 3 is 2.71 bits per heavy atom. The van der Waals surface area contributed by atoms with Gasteiger partial charge in [0.1, 0.15) is 12.4 Å². The maximum Gasteiger partial charge on any atom is 0.200 e. The fraction of sp³-hybridized carbons (Fsp3) is 0.562. The molecule has 1 aromatic carbocycles. The van der Waals surface area contributed by atoms with Crippen LogP contribution in [-0.2, 0) is 9.47 Å². The lowest BCUT2D eigenvalue weighted by atomic mass is 9.84. The van der Waals surface area contributed by atoms with Gasteiger partial charge in [-0.1, -0.05) is 44.0 Å². The van der Waals surface area contributed by atoms with Crippen molar-refractivity contribution in [2.75, 3.05) is 13.2 Å². The van der Waals surface area contributed by atoms with E-state index in [4.69, 9.17) is 37.4 Å². The van der Waals surface area contributed by atoms with Gasteiger partial charge in [0.05, 0.1) is 22.9 Å². The maximum atomic E-state index is 10.7. The second-order valence-corrected chi connectivity index (χ2v) is 8.71. The first-order valence-corrected chi connectivity index (χ1v) is 9.21. The Hall–Kier alpha value is -0.630. The van der Waals surface area contributed by atoms with E-state index < -0.39 is 6.10 Å². The van der Waals surface area contributed by atoms with E-state index in [1.54, 1.807) is 0 Å². The van der Waals surface area contributed by atoms with Gasteiger partial charge >= 0.3 is 0 Å². The molecule has 1 saturated heterocycles. The Morgan fingerprint density at radius 2 is 2.08 bits per heavy atom. The van der Waals surface area contributed by atoms with Crippen LogP contribution in [0.3, 0.4) is 0 Å². The molecule has 3 rings (SSSR count). The van der Waals surface area contributed by atoms with Gasteiger partial charge in [0, 0.05) is 5.56 Å². The summed E-state index contributed by atoms with van der Waals surface area (Å²) in [5.41, 5.74) is 0.746. The van der Waals surface area contributed by atoms with E-state index in [1.807, 2.05) is 32.9 Å². The Kier molecular flexibility index (Phi) is 5.25. The summed E-state index contributed by atoms with van der Waals surface area (Å²) >= 11 is 13.1. The zero-order valence-electron chi connectivity index (χ0n) is 13.6. The minimum absolute atomic E-state index is 0.330. The lowest BCUT2D eigenvalue weighted by molar-refractivity contribution is 0.0322. The van der Waals surface area contributed by atoms with Gasteiger partial charge in [-0.2, -0.15) is 0 Å². The van der Waals surface area contributed by atoms with E-state index >= 15 is 0 Å². The van der Waals surface area contributed by atoms with E-state index in [1.165, 1.54) is 11.3 Å². The maximum absolute atomic E-state index is 10.7. The molecule has 0 aliphatic carbocycles. The van der Waals surface area contributed by atoms with Crippen LogP contribution in [0.2, 0.25) is 4.47 Å². The molecule has 0 bridgehead atoms. The second-order valence-electron chi connectivity index (χ2n) is 6.67. The zero-order valence-corrected chi connectivity index (χ0v) is 15.9. The van der Waals surface area contributed by atoms with Crippen LogP contribution in [-0.4, -0.2) is 35.2 Å². The summed E-state index contributed by atoms with van der Waals surface area (Å²) in [5, 5.41) is 10.7. The summed E-state index contributed by atoms with van der Waals surface area (Å²) in [6.45, 7) is 6.63. The van der Waals surface area contributed by atoms with Gasteiger partial charge in [-0.3, -0.25) is 0 Å². The van der Waals surface area contributed by atoms with Crippen molar-refractivity contribution in [2.24, 2.45) is 5.41 Å². The second kappa shape index (κ2) is 6.94. The van der Waals surface area contributed by atoms with E-state index in [0.29, 0.717) is 34.5 Å². The highest BCUT2D eigenvalue weighted by Gasteiger charge is 2.38. The molecule has 3 unspecified atom stereocenters. The van der Waals surface area contributed by atoms with Crippen LogP contribution in [0.1, 0.15) is 32.4 Å². The minimum atomic E-state index is -0.685. The Bertz CT molecular complexity index is 731. The average molecular weight is 392 g/mol. The van der Waals surface area contributed by atoms with Crippen molar-refractivity contribution in [1.29, 1.82) is 0 Å². The first-order valence-electron chi connectivity index (χ1n) is 7.57. The summed E-state index contributed by atoms with van der Waals surface area (Å²) in [6, 6.07) is 3.68. The average Bonchev–Trinajstić information content (AvgIpc) is 3.05. The van der Waals surface area contributed by atoms with Crippen molar-refractivity contribution in [3.8, 4) is 5.75 Å². The molecule has 0 saturated carbocycles. The van der Waals surface area contributed by atoms with E-state index in [0.717, 1.165) is 4.70 Å². The number of alkyl halides is 1. The Morgan fingerprint density at radius 1 is 1.38 bits per heavy atom. The fourth-order valence-corrected chi connectivity index (χ4v) is 3.54. The van der Waals surface area contributed by atoms with Gasteiger partial charge in [0.2, 0.25) is 0 Å². The van der Waals surface area contributed by atoms with Gasteiger partial charge in [0.25, 0.3) is 0 Å². The van der Waals surface area contributed by atoms with Crippen molar-refractivity contribution in [1.82, 2.24) is 4.98 Å². The molecule has 132 valence electrons. The number of aliphatic hydroxyl groups is 1. The quantitative estimate of drug-likeness (QED) is 0.450. The van der Waals surface area contributed by atoms with Crippen LogP contribution in [0.15, 0.2) is 12.1 Å². The van der Waals surface area contributed by atoms with Gasteiger partial charge in [-0.25, -0.2) is 4.98 Å². The third-order valence-electron chi connectivity index (χ3n) is 3.62. The zero-order chi connectivity index (χ0) is 17.5. The summed E-state index contributed by atoms with van der Waals surface area (Å²) in [4.78, 5) is 4.34. The summed E-state index contributed by atoms with van der Waals surface area (Å²) < 4.78 is 17.4. The number of ether oxygens (including phenoxy) is 3. The molecule has 24 heavy (non-hydrogen) atoms. The Balaban J connectivity index is 1.77. The molecule has 0 amide bonds. The normalized spacial score (nSPS) is 21.9. The molecule has 1 aliphatic heterocycles. The molecule has 1 N–H and O–H groups in total. The topological polar surface area (TPSA) is 64.1 Å². The monoisotopic (exact) mass is 391 g/mol. The van der Waals surface area contributed by atoms with Crippen molar-refractivity contribution in [2.45, 2.75) is 38.7 Å². The smallest absolute Gasteiger partial charge is 0.200 e. The summed E-state index contributed by atoms with van der Waals surface area (Å²) in [5.74, 6) is 0.642. The molecule has 8 heteroatoms. The number of aliphatic hydroxyl groups excluding tert-OH is 1. The predicted molar refractivity (Wildman–Crippen MR) is 95.0 cm³/mol. The van der Waals surface area contributed by atoms with Gasteiger partial charge in [-0.15, -0.1) is 11.3 Å². The van der Waals surface area contributed by atoms with Crippen molar-refractivity contribution in [3.05, 3.63) is 22.2 Å². The summed E-state index contributed by atoms with van der Waals surface area (Å²) in [7, 11) is 0. The highest BCUT2D eigenvalue weighted by Crippen LogP contribution is 2.40. The largest absolute Gasteiger partial charge is 0.491 e. The predicted octanol–water partition coefficient (Wildman–Crippen LogP) is 4.35. The minimum Gasteiger partial charge on any atom is -0.491 e. The lowest BCUT2D eigenvalue weighted by Crippen LogP contribution is -2.18. The van der Waals surface area contributed by atoms with Crippen molar-refractivity contribution in [3.63, 3.8) is 0 Å². The molecule has 0 radical (unpaired) electrons. The molecular weight excluding hydrogens is 373 g/mol. The standard InChI is InChI=1S/C16H19Cl2NO4S/c1-16(2,3)12(20)9-6-8(7-10-11(9)19-15(18)24-10)21-4-5-22-14-13(17)23-14/h6-7,12-14,20H,4-5H2,1-3H3. The molecule has 2 heterocycles. The van der Waals surface area contributed by atoms with E-state index in [2.05, 4.69) is 4.98 Å². The van der Waals surface area contributed by atoms with Crippen molar-refractivity contribution < 1.29 is 19.3 Å². The number of halogens is 2. The first kappa shape index (κ1) is 18.2. The number of hydrogen-bond acceptors (Lipinski definition) is 6. The van der Waals surface area contributed by atoms with Crippen LogP contribution in [0.4, 0.5) is 0 Å². The Labute approximate surface area is 154 Å². The van der Waals surface area contributed by atoms with Crippen LogP contribution in [0.25, 0.3) is 10.2 Å². The van der Waals surface area contributed by atoms with Crippen LogP contribution >= 0.6 is 34.5 Å². The molecule has 1 aromatic heterocycles. The van der Waals surface area contributed by atoms with Gasteiger partial charge < -0.3 is 19.3 Å². The fourth-order valence-electron chi connectivity index (χ4n) is 2.28. The van der Waals surface area contributed by atoms with E-state index in [9.17, 15) is 5.11 Å². The van der Waals surface area contributed by atoms with Crippen molar-refractivity contribution >= 4 is 44.8 Å². The molecule has 1 aliphatic rings. The van der Waals surface area contributed by atoms with E-state index in [-0.39, 0.29) is 17.3 Å². The highest BCUT2D eigenvalue weighted by atomic mass is 35.5. The number of thiazole rings is 1. The molecular formula is C16H19Cl2NO4S. The number of benzene rings is 1. The van der Waals surface area contributed by atoms with Crippen LogP contribution in [0.5, 0.6) is 5.75 Å². The van der Waals surface area contributed by atoms with Gasteiger partial charge in [-0.05, 0) is 17.5 Å². The third kappa shape index (κ3) is 4.12. The number of aromatic nitrogens is 1.